The number of esters is 4. The monoisotopic (exact) mass is 908 g/mol. The van der Waals surface area contributed by atoms with Crippen LogP contribution in [0.2, 0.25) is 0 Å². The molecule has 348 valence electrons. The minimum absolute atomic E-state index is 0.0505. The van der Waals surface area contributed by atoms with Crippen molar-refractivity contribution in [2.45, 2.75) is 143 Å². The lowest BCUT2D eigenvalue weighted by molar-refractivity contribution is -0.159. The van der Waals surface area contributed by atoms with Crippen molar-refractivity contribution in [2.24, 2.45) is 47.3 Å². The second-order valence-electron chi connectivity index (χ2n) is 19.7. The summed E-state index contributed by atoms with van der Waals surface area (Å²) in [5.74, 6) is -0.466. The highest BCUT2D eigenvalue weighted by atomic mass is 32.1. The Kier molecular flexibility index (Phi) is 14.6. The number of aromatic nitrogens is 2. The molecule has 2 aromatic heterocycles. The number of nitrogens with zero attached hydrogens (tertiary/aromatic N) is 1. The molecule has 12 nitrogen and oxygen atoms in total. The van der Waals surface area contributed by atoms with Gasteiger partial charge in [0.1, 0.15) is 32.9 Å². The number of Topliss-reactive ketones (excluding diaryl/α,β-unsaturated/α-hetero) is 2. The SMILES string of the molecule is CC(=O)C1CCC(C(=O)OCC2CCC(C(=O)Oc3ccc(OC(=O)C4CCC(C(C)OC(=O)C5CCC(C(C)=O)CC5)CC4)c4nc(-c5cc6cc(C)cc(C)c6[nH]5)sc34)CC2)CC1. The van der Waals surface area contributed by atoms with Crippen molar-refractivity contribution in [3.8, 4) is 22.2 Å². The summed E-state index contributed by atoms with van der Waals surface area (Å²) in [4.78, 5) is 85.5. The van der Waals surface area contributed by atoms with Crippen LogP contribution in [-0.2, 0) is 38.2 Å². The van der Waals surface area contributed by atoms with E-state index in [1.54, 1.807) is 26.0 Å². The fourth-order valence-corrected chi connectivity index (χ4v) is 11.9. The van der Waals surface area contributed by atoms with Crippen LogP contribution >= 0.6 is 11.3 Å². The lowest BCUT2D eigenvalue weighted by atomic mass is 9.79. The van der Waals surface area contributed by atoms with E-state index in [0.29, 0.717) is 84.7 Å². The molecule has 13 heteroatoms. The number of hydrogen-bond donors (Lipinski definition) is 1. The Morgan fingerprint density at radius 2 is 1.15 bits per heavy atom. The van der Waals surface area contributed by atoms with Crippen LogP contribution < -0.4 is 9.47 Å². The Balaban J connectivity index is 0.900. The van der Waals surface area contributed by atoms with Crippen LogP contribution in [0.1, 0.15) is 135 Å². The van der Waals surface area contributed by atoms with Gasteiger partial charge < -0.3 is 23.9 Å². The molecule has 4 saturated carbocycles. The van der Waals surface area contributed by atoms with E-state index in [2.05, 4.69) is 37.0 Å². The van der Waals surface area contributed by atoms with Crippen LogP contribution in [0.5, 0.6) is 11.5 Å². The molecule has 0 spiro atoms. The Labute approximate surface area is 385 Å². The third-order valence-electron chi connectivity index (χ3n) is 15.2. The van der Waals surface area contributed by atoms with Crippen LogP contribution in [0.25, 0.3) is 31.8 Å². The second kappa shape index (κ2) is 20.3. The summed E-state index contributed by atoms with van der Waals surface area (Å²) in [6, 6.07) is 9.68. The van der Waals surface area contributed by atoms with E-state index in [4.69, 9.17) is 23.9 Å². The third-order valence-corrected chi connectivity index (χ3v) is 16.3. The average Bonchev–Trinajstić information content (AvgIpc) is 3.95. The maximum absolute atomic E-state index is 13.8. The summed E-state index contributed by atoms with van der Waals surface area (Å²) in [7, 11) is 0. The third kappa shape index (κ3) is 10.9. The lowest BCUT2D eigenvalue weighted by Crippen LogP contribution is -2.34. The van der Waals surface area contributed by atoms with Crippen LogP contribution in [0.3, 0.4) is 0 Å². The number of carbonyl (C=O) groups is 6. The van der Waals surface area contributed by atoms with Crippen molar-refractivity contribution in [3.05, 3.63) is 41.5 Å². The molecule has 1 N–H and O–H groups in total. The van der Waals surface area contributed by atoms with Crippen molar-refractivity contribution in [1.82, 2.24) is 9.97 Å². The summed E-state index contributed by atoms with van der Waals surface area (Å²) < 4.78 is 24.6. The average molecular weight is 909 g/mol. The molecule has 4 aliphatic carbocycles. The topological polar surface area (TPSA) is 168 Å². The van der Waals surface area contributed by atoms with Gasteiger partial charge >= 0.3 is 23.9 Å². The van der Waals surface area contributed by atoms with E-state index < -0.39 is 0 Å². The number of carbonyl (C=O) groups excluding carboxylic acids is 6. The van der Waals surface area contributed by atoms with Crippen molar-refractivity contribution in [3.63, 3.8) is 0 Å². The number of ether oxygens (including phenoxy) is 4. The van der Waals surface area contributed by atoms with Crippen LogP contribution in [-0.4, -0.2) is 58.1 Å². The fraction of sp³-hybridized carbons (Fsp3) is 0.596. The van der Waals surface area contributed by atoms with E-state index in [-0.39, 0.29) is 88.9 Å². The molecule has 2 heterocycles. The number of thiazole rings is 1. The predicted octanol–water partition coefficient (Wildman–Crippen LogP) is 10.8. The summed E-state index contributed by atoms with van der Waals surface area (Å²) in [5, 5.41) is 1.74. The normalized spacial score (nSPS) is 26.5. The van der Waals surface area contributed by atoms with Gasteiger partial charge in [0.2, 0.25) is 0 Å². The minimum atomic E-state index is -0.338. The number of hydrogen-bond acceptors (Lipinski definition) is 12. The smallest absolute Gasteiger partial charge is 0.314 e. The molecule has 4 aromatic rings. The molecule has 0 saturated heterocycles. The highest BCUT2D eigenvalue weighted by Gasteiger charge is 2.36. The molecule has 0 amide bonds. The Morgan fingerprint density at radius 1 is 0.646 bits per heavy atom. The molecule has 0 bridgehead atoms. The molecule has 4 aliphatic rings. The molecule has 1 atom stereocenters. The number of aryl methyl sites for hydroxylation is 2. The summed E-state index contributed by atoms with van der Waals surface area (Å²) in [6.07, 6.45) is 10.8. The molecule has 2 aromatic carbocycles. The number of ketones is 2. The first-order valence-corrected chi connectivity index (χ1v) is 24.9. The fourth-order valence-electron chi connectivity index (χ4n) is 10.9. The summed E-state index contributed by atoms with van der Waals surface area (Å²) in [5.41, 5.74) is 4.54. The van der Waals surface area contributed by atoms with Gasteiger partial charge in [0, 0.05) is 22.7 Å². The van der Waals surface area contributed by atoms with E-state index in [1.807, 2.05) is 6.92 Å². The van der Waals surface area contributed by atoms with Gasteiger partial charge in [0.15, 0.2) is 11.5 Å². The number of nitrogens with one attached hydrogen (secondary N) is 1. The molecule has 1 unspecified atom stereocenters. The number of benzene rings is 2. The predicted molar refractivity (Wildman–Crippen MR) is 247 cm³/mol. The van der Waals surface area contributed by atoms with Gasteiger partial charge in [-0.05, 0) is 179 Å². The Bertz CT molecular complexity index is 2420. The van der Waals surface area contributed by atoms with Crippen molar-refractivity contribution in [2.75, 3.05) is 6.61 Å². The maximum atomic E-state index is 13.8. The van der Waals surface area contributed by atoms with Crippen LogP contribution in [0, 0.1) is 61.2 Å². The Morgan fingerprint density at radius 3 is 1.75 bits per heavy atom. The quantitative estimate of drug-likeness (QED) is 0.100. The largest absolute Gasteiger partial charge is 0.465 e. The maximum Gasteiger partial charge on any atom is 0.314 e. The zero-order valence-electron chi connectivity index (χ0n) is 38.5. The molecular weight excluding hydrogens is 845 g/mol. The zero-order valence-corrected chi connectivity index (χ0v) is 39.4. The first-order chi connectivity index (χ1) is 31.2. The van der Waals surface area contributed by atoms with E-state index in [9.17, 15) is 28.8 Å². The molecule has 8 rings (SSSR count). The molecule has 0 aliphatic heterocycles. The number of H-pyrrole nitrogens is 1. The highest BCUT2D eigenvalue weighted by Crippen LogP contribution is 2.43. The summed E-state index contributed by atoms with van der Waals surface area (Å²) >= 11 is 1.38. The van der Waals surface area contributed by atoms with E-state index in [1.165, 1.54) is 11.3 Å². The first kappa shape index (κ1) is 46.6. The zero-order chi connectivity index (χ0) is 45.9. The van der Waals surface area contributed by atoms with Gasteiger partial charge in [-0.1, -0.05) is 11.6 Å². The molecular formula is C52H64N2O10S. The van der Waals surface area contributed by atoms with Gasteiger partial charge in [-0.15, -0.1) is 11.3 Å². The molecule has 4 fully saturated rings. The van der Waals surface area contributed by atoms with Gasteiger partial charge in [-0.25, -0.2) is 4.98 Å². The Hall–Kier alpha value is -4.91. The second-order valence-corrected chi connectivity index (χ2v) is 20.7. The number of fused-ring (bicyclic) bond motifs is 2. The van der Waals surface area contributed by atoms with Gasteiger partial charge in [-0.2, -0.15) is 0 Å². The van der Waals surface area contributed by atoms with Crippen molar-refractivity contribution in [1.29, 1.82) is 0 Å². The number of aromatic amines is 1. The lowest BCUT2D eigenvalue weighted by Gasteiger charge is -2.32. The van der Waals surface area contributed by atoms with Crippen molar-refractivity contribution >= 4 is 67.9 Å². The molecule has 65 heavy (non-hydrogen) atoms. The molecule has 0 radical (unpaired) electrons. The standard InChI is InChI=1S/C52H64N2O10S/c1-28-24-29(2)45-41(25-28)26-42(53-45)48-54-46-43(63-51(59)40-20-14-36(15-21-40)32(5)62-50(58)39-18-12-35(13-19-39)31(4)56)22-23-44(47(46)65-48)64-52(60)38-8-6-33(7-9-38)27-61-49(57)37-16-10-34(11-17-37)30(3)55/h22-26,32-40,53H,6-21,27H2,1-5H3. The van der Waals surface area contributed by atoms with Crippen LogP contribution in [0.4, 0.5) is 0 Å². The minimum Gasteiger partial charge on any atom is -0.465 e. The summed E-state index contributed by atoms with van der Waals surface area (Å²) in [6.45, 7) is 9.67. The van der Waals surface area contributed by atoms with Gasteiger partial charge in [0.25, 0.3) is 0 Å². The van der Waals surface area contributed by atoms with E-state index >= 15 is 0 Å². The van der Waals surface area contributed by atoms with Gasteiger partial charge in [0.05, 0.1) is 36.0 Å². The number of rotatable bonds is 13. The van der Waals surface area contributed by atoms with Crippen LogP contribution in [0.15, 0.2) is 30.3 Å². The van der Waals surface area contributed by atoms with E-state index in [0.717, 1.165) is 79.1 Å². The van der Waals surface area contributed by atoms with Gasteiger partial charge in [-0.3, -0.25) is 28.8 Å². The first-order valence-electron chi connectivity index (χ1n) is 24.1. The van der Waals surface area contributed by atoms with Crippen molar-refractivity contribution < 1.29 is 47.7 Å². The highest BCUT2D eigenvalue weighted by molar-refractivity contribution is 7.22.